The van der Waals surface area contributed by atoms with Crippen molar-refractivity contribution < 1.29 is 0 Å². The first-order valence-corrected chi connectivity index (χ1v) is 3.17. The third kappa shape index (κ3) is 4.98. The summed E-state index contributed by atoms with van der Waals surface area (Å²) in [5.41, 5.74) is 5.35. The van der Waals surface area contributed by atoms with E-state index in [4.69, 9.17) is 5.73 Å². The molecule has 3 nitrogen and oxygen atoms in total. The molecule has 0 aliphatic carbocycles. The zero-order chi connectivity index (χ0) is 7.82. The van der Waals surface area contributed by atoms with E-state index in [-0.39, 0.29) is 0 Å². The Balaban J connectivity index is 3.26. The van der Waals surface area contributed by atoms with E-state index in [9.17, 15) is 0 Å². The molecule has 0 rings (SSSR count). The summed E-state index contributed by atoms with van der Waals surface area (Å²) in [5.74, 6) is 6.16. The zero-order valence-corrected chi connectivity index (χ0v) is 6.44. The zero-order valence-electron chi connectivity index (χ0n) is 6.44. The Morgan fingerprint density at radius 3 is 2.90 bits per heavy atom. The van der Waals surface area contributed by atoms with Crippen molar-refractivity contribution in [2.45, 2.75) is 13.3 Å². The van der Waals surface area contributed by atoms with Crippen LogP contribution in [0.25, 0.3) is 0 Å². The van der Waals surface area contributed by atoms with Crippen LogP contribution in [0.5, 0.6) is 0 Å². The maximum absolute atomic E-state index is 5.35. The monoisotopic (exact) mass is 139 g/mol. The topological polar surface area (TPSA) is 50.4 Å². The normalized spacial score (nSPS) is 10.0. The molecule has 0 unspecified atom stereocenters. The molecule has 0 aromatic carbocycles. The molecule has 0 heterocycles. The highest BCUT2D eigenvalue weighted by Crippen LogP contribution is 1.70. The molecule has 10 heavy (non-hydrogen) atoms. The Kier molecular flexibility index (Phi) is 5.26. The Labute approximate surface area is 61.7 Å². The number of nitrogens with one attached hydrogen (secondary N) is 1. The third-order valence-electron chi connectivity index (χ3n) is 0.974. The summed E-state index contributed by atoms with van der Waals surface area (Å²) in [5, 5.41) is 2.89. The highest BCUT2D eigenvalue weighted by molar-refractivity contribution is 5.77. The van der Waals surface area contributed by atoms with E-state index in [0.717, 1.165) is 13.0 Å². The van der Waals surface area contributed by atoms with Crippen molar-refractivity contribution in [3.05, 3.63) is 0 Å². The van der Waals surface area contributed by atoms with Crippen molar-refractivity contribution in [2.75, 3.05) is 13.6 Å². The Hall–Kier alpha value is -1.17. The third-order valence-corrected chi connectivity index (χ3v) is 0.974. The van der Waals surface area contributed by atoms with E-state index in [1.54, 1.807) is 7.05 Å². The van der Waals surface area contributed by atoms with Crippen LogP contribution >= 0.6 is 0 Å². The average molecular weight is 139 g/mol. The lowest BCUT2D eigenvalue weighted by Gasteiger charge is -1.99. The van der Waals surface area contributed by atoms with Crippen LogP contribution in [0.3, 0.4) is 0 Å². The lowest BCUT2D eigenvalue weighted by atomic mass is 10.4. The largest absolute Gasteiger partial charge is 0.370 e. The van der Waals surface area contributed by atoms with Gasteiger partial charge in [-0.25, -0.2) is 0 Å². The van der Waals surface area contributed by atoms with Crippen LogP contribution in [-0.2, 0) is 0 Å². The predicted molar refractivity (Wildman–Crippen MR) is 43.6 cm³/mol. The molecule has 0 atom stereocenters. The van der Waals surface area contributed by atoms with Gasteiger partial charge in [-0.2, -0.15) is 0 Å². The van der Waals surface area contributed by atoms with Crippen LogP contribution in [0.1, 0.15) is 13.3 Å². The van der Waals surface area contributed by atoms with Gasteiger partial charge in [0.1, 0.15) is 0 Å². The molecule has 0 bridgehead atoms. The first-order chi connectivity index (χ1) is 4.81. The molecular weight excluding hydrogens is 126 g/mol. The molecule has 0 radical (unpaired) electrons. The molecule has 0 aromatic heterocycles. The van der Waals surface area contributed by atoms with Gasteiger partial charge in [-0.05, 0) is 6.92 Å². The van der Waals surface area contributed by atoms with E-state index in [1.807, 2.05) is 6.92 Å². The molecule has 0 aliphatic rings. The van der Waals surface area contributed by atoms with Crippen LogP contribution in [0.4, 0.5) is 0 Å². The van der Waals surface area contributed by atoms with Crippen molar-refractivity contribution >= 4 is 5.96 Å². The number of guanidine groups is 1. The predicted octanol–water partition coefficient (Wildman–Crippen LogP) is -0.0661. The summed E-state index contributed by atoms with van der Waals surface area (Å²) in [7, 11) is 1.65. The second-order valence-corrected chi connectivity index (χ2v) is 1.71. The fourth-order valence-electron chi connectivity index (χ4n) is 0.457. The molecule has 0 saturated heterocycles. The summed E-state index contributed by atoms with van der Waals surface area (Å²) in [4.78, 5) is 3.72. The first-order valence-electron chi connectivity index (χ1n) is 3.17. The van der Waals surface area contributed by atoms with Crippen molar-refractivity contribution in [3.63, 3.8) is 0 Å². The number of nitrogens with zero attached hydrogens (tertiary/aromatic N) is 1. The second kappa shape index (κ2) is 5.96. The summed E-state index contributed by atoms with van der Waals surface area (Å²) < 4.78 is 0. The molecule has 56 valence electrons. The summed E-state index contributed by atoms with van der Waals surface area (Å²) in [6, 6.07) is 0. The van der Waals surface area contributed by atoms with E-state index < -0.39 is 0 Å². The van der Waals surface area contributed by atoms with Crippen LogP contribution < -0.4 is 11.1 Å². The molecule has 0 aliphatic heterocycles. The van der Waals surface area contributed by atoms with Gasteiger partial charge in [0.15, 0.2) is 5.96 Å². The molecule has 0 aromatic rings. The number of hydrogen-bond donors (Lipinski definition) is 2. The smallest absolute Gasteiger partial charge is 0.188 e. The molecular formula is C7H13N3. The highest BCUT2D eigenvalue weighted by Gasteiger charge is 1.83. The lowest BCUT2D eigenvalue weighted by molar-refractivity contribution is 0.892. The fourth-order valence-corrected chi connectivity index (χ4v) is 0.457. The molecule has 3 heteroatoms. The maximum Gasteiger partial charge on any atom is 0.188 e. The number of rotatable bonds is 2. The van der Waals surface area contributed by atoms with Gasteiger partial charge in [0.05, 0.1) is 0 Å². The lowest BCUT2D eigenvalue weighted by Crippen LogP contribution is -2.31. The second-order valence-electron chi connectivity index (χ2n) is 1.71. The van der Waals surface area contributed by atoms with Gasteiger partial charge in [-0.15, -0.1) is 11.8 Å². The van der Waals surface area contributed by atoms with Gasteiger partial charge in [0.25, 0.3) is 0 Å². The molecule has 3 N–H and O–H groups in total. The van der Waals surface area contributed by atoms with Gasteiger partial charge < -0.3 is 11.1 Å². The minimum absolute atomic E-state index is 0.470. The van der Waals surface area contributed by atoms with E-state index >= 15 is 0 Å². The van der Waals surface area contributed by atoms with Crippen LogP contribution in [0.2, 0.25) is 0 Å². The Bertz CT molecular complexity index is 161. The van der Waals surface area contributed by atoms with Gasteiger partial charge in [-0.3, -0.25) is 4.99 Å². The first kappa shape index (κ1) is 8.83. The quantitative estimate of drug-likeness (QED) is 0.243. The fraction of sp³-hybridized carbons (Fsp3) is 0.571. The number of nitrogens with two attached hydrogens (primary N) is 1. The summed E-state index contributed by atoms with van der Waals surface area (Å²) in [6.45, 7) is 2.58. The Morgan fingerprint density at radius 1 is 1.70 bits per heavy atom. The molecule has 0 spiro atoms. The summed E-state index contributed by atoms with van der Waals surface area (Å²) >= 11 is 0. The van der Waals surface area contributed by atoms with Crippen molar-refractivity contribution in [1.29, 1.82) is 0 Å². The van der Waals surface area contributed by atoms with E-state index in [1.165, 1.54) is 0 Å². The van der Waals surface area contributed by atoms with Crippen LogP contribution in [-0.4, -0.2) is 19.6 Å². The van der Waals surface area contributed by atoms with Crippen LogP contribution in [0.15, 0.2) is 4.99 Å². The number of aliphatic imine (C=N–C) groups is 1. The van der Waals surface area contributed by atoms with Gasteiger partial charge >= 0.3 is 0 Å². The van der Waals surface area contributed by atoms with Crippen molar-refractivity contribution in [3.8, 4) is 11.8 Å². The SMILES string of the molecule is CC#CCCNC(N)=NC. The minimum atomic E-state index is 0.470. The van der Waals surface area contributed by atoms with E-state index in [0.29, 0.717) is 5.96 Å². The standard InChI is InChI=1S/C7H13N3/c1-3-4-5-6-10-7(8)9-2/h5-6H2,1-2H3,(H3,8,9,10). The van der Waals surface area contributed by atoms with E-state index in [2.05, 4.69) is 22.2 Å². The van der Waals surface area contributed by atoms with Crippen molar-refractivity contribution in [2.24, 2.45) is 10.7 Å². The molecule has 0 amide bonds. The van der Waals surface area contributed by atoms with Crippen LogP contribution in [0, 0.1) is 11.8 Å². The number of hydrogen-bond acceptors (Lipinski definition) is 1. The molecule has 0 fully saturated rings. The highest BCUT2D eigenvalue weighted by atomic mass is 15.1. The van der Waals surface area contributed by atoms with Gasteiger partial charge in [-0.1, -0.05) is 0 Å². The average Bonchev–Trinajstić information content (AvgIpc) is 1.98. The van der Waals surface area contributed by atoms with Gasteiger partial charge in [0.2, 0.25) is 0 Å². The van der Waals surface area contributed by atoms with Crippen molar-refractivity contribution in [1.82, 2.24) is 5.32 Å². The maximum atomic E-state index is 5.35. The molecule has 0 saturated carbocycles. The minimum Gasteiger partial charge on any atom is -0.370 e. The summed E-state index contributed by atoms with van der Waals surface area (Å²) in [6.07, 6.45) is 0.812. The Morgan fingerprint density at radius 2 is 2.40 bits per heavy atom. The van der Waals surface area contributed by atoms with Gasteiger partial charge in [0, 0.05) is 20.0 Å².